The first-order valence-electron chi connectivity index (χ1n) is 7.13. The summed E-state index contributed by atoms with van der Waals surface area (Å²) >= 11 is 0. The molecular weight excluding hydrogens is 316 g/mol. The third-order valence-electron chi connectivity index (χ3n) is 3.52. The second-order valence-electron chi connectivity index (χ2n) is 5.33. The van der Waals surface area contributed by atoms with E-state index in [1.165, 1.54) is 24.5 Å². The SMILES string of the molecule is Cc1coc(CC(=O)O)c1C(=O)NC(C)c1cccc([N+](=O)[O-])c1. The van der Waals surface area contributed by atoms with Gasteiger partial charge in [-0.25, -0.2) is 0 Å². The van der Waals surface area contributed by atoms with Crippen LogP contribution in [-0.2, 0) is 11.2 Å². The van der Waals surface area contributed by atoms with Crippen molar-refractivity contribution >= 4 is 17.6 Å². The number of amides is 1. The van der Waals surface area contributed by atoms with E-state index < -0.39 is 29.3 Å². The summed E-state index contributed by atoms with van der Waals surface area (Å²) < 4.78 is 5.13. The first-order valence-corrected chi connectivity index (χ1v) is 7.13. The molecule has 24 heavy (non-hydrogen) atoms. The van der Waals surface area contributed by atoms with Crippen LogP contribution in [0.2, 0.25) is 0 Å². The Kier molecular flexibility index (Phi) is 4.98. The van der Waals surface area contributed by atoms with Gasteiger partial charge in [-0.2, -0.15) is 0 Å². The molecule has 0 bridgehead atoms. The van der Waals surface area contributed by atoms with Crippen molar-refractivity contribution in [3.63, 3.8) is 0 Å². The number of hydrogen-bond donors (Lipinski definition) is 2. The van der Waals surface area contributed by atoms with Crippen molar-refractivity contribution in [2.75, 3.05) is 0 Å². The average molecular weight is 332 g/mol. The number of aryl methyl sites for hydroxylation is 1. The number of aliphatic carboxylic acids is 1. The number of nitrogens with one attached hydrogen (secondary N) is 1. The summed E-state index contributed by atoms with van der Waals surface area (Å²) in [4.78, 5) is 33.6. The number of nitro benzene ring substituents is 1. The van der Waals surface area contributed by atoms with Gasteiger partial charge in [0.2, 0.25) is 0 Å². The molecule has 0 spiro atoms. The summed E-state index contributed by atoms with van der Waals surface area (Å²) in [6.45, 7) is 3.32. The summed E-state index contributed by atoms with van der Waals surface area (Å²) in [5, 5.41) is 22.4. The molecule has 1 unspecified atom stereocenters. The van der Waals surface area contributed by atoms with E-state index >= 15 is 0 Å². The molecule has 0 aliphatic heterocycles. The lowest BCUT2D eigenvalue weighted by molar-refractivity contribution is -0.384. The molecule has 2 aromatic rings. The molecule has 1 heterocycles. The zero-order chi connectivity index (χ0) is 17.9. The van der Waals surface area contributed by atoms with Gasteiger partial charge in [-0.15, -0.1) is 0 Å². The molecule has 0 saturated heterocycles. The fourth-order valence-corrected chi connectivity index (χ4v) is 2.33. The van der Waals surface area contributed by atoms with E-state index in [-0.39, 0.29) is 17.0 Å². The number of carbonyl (C=O) groups excluding carboxylic acids is 1. The van der Waals surface area contributed by atoms with Crippen molar-refractivity contribution in [1.29, 1.82) is 0 Å². The molecular formula is C16H16N2O6. The van der Waals surface area contributed by atoms with Crippen molar-refractivity contribution < 1.29 is 24.0 Å². The lowest BCUT2D eigenvalue weighted by atomic mass is 10.1. The van der Waals surface area contributed by atoms with Gasteiger partial charge in [0.25, 0.3) is 11.6 Å². The molecule has 0 radical (unpaired) electrons. The molecule has 8 heteroatoms. The van der Waals surface area contributed by atoms with Crippen LogP contribution < -0.4 is 5.32 Å². The lowest BCUT2D eigenvalue weighted by Crippen LogP contribution is -2.28. The van der Waals surface area contributed by atoms with Crippen molar-refractivity contribution in [1.82, 2.24) is 5.32 Å². The van der Waals surface area contributed by atoms with Gasteiger partial charge in [0.1, 0.15) is 12.2 Å². The Morgan fingerprint density at radius 3 is 2.75 bits per heavy atom. The maximum Gasteiger partial charge on any atom is 0.311 e. The molecule has 1 aromatic carbocycles. The highest BCUT2D eigenvalue weighted by atomic mass is 16.6. The lowest BCUT2D eigenvalue weighted by Gasteiger charge is -2.14. The molecule has 126 valence electrons. The number of nitro groups is 1. The van der Waals surface area contributed by atoms with Gasteiger partial charge in [0, 0.05) is 17.7 Å². The molecule has 2 rings (SSSR count). The van der Waals surface area contributed by atoms with E-state index in [4.69, 9.17) is 9.52 Å². The minimum Gasteiger partial charge on any atom is -0.481 e. The van der Waals surface area contributed by atoms with Crippen molar-refractivity contribution in [3.05, 3.63) is 63.1 Å². The molecule has 1 aromatic heterocycles. The second-order valence-corrected chi connectivity index (χ2v) is 5.33. The second kappa shape index (κ2) is 6.95. The number of nitrogens with zero attached hydrogens (tertiary/aromatic N) is 1. The largest absolute Gasteiger partial charge is 0.481 e. The van der Waals surface area contributed by atoms with Crippen LogP contribution in [0.4, 0.5) is 5.69 Å². The Balaban J connectivity index is 2.20. The van der Waals surface area contributed by atoms with E-state index in [1.807, 2.05) is 0 Å². The Hall–Kier alpha value is -3.16. The van der Waals surface area contributed by atoms with E-state index in [0.717, 1.165) is 0 Å². The van der Waals surface area contributed by atoms with Crippen LogP contribution in [-0.4, -0.2) is 21.9 Å². The first-order chi connectivity index (χ1) is 11.3. The van der Waals surface area contributed by atoms with Crippen LogP contribution >= 0.6 is 0 Å². The van der Waals surface area contributed by atoms with Crippen LogP contribution in [0.5, 0.6) is 0 Å². The zero-order valence-corrected chi connectivity index (χ0v) is 13.1. The fraction of sp³-hybridized carbons (Fsp3) is 0.250. The molecule has 1 amide bonds. The van der Waals surface area contributed by atoms with Crippen molar-refractivity contribution in [2.24, 2.45) is 0 Å². The Labute approximate surface area is 137 Å². The highest BCUT2D eigenvalue weighted by Crippen LogP contribution is 2.22. The van der Waals surface area contributed by atoms with E-state index in [1.54, 1.807) is 19.9 Å². The van der Waals surface area contributed by atoms with Gasteiger partial charge in [-0.1, -0.05) is 12.1 Å². The van der Waals surface area contributed by atoms with Gasteiger partial charge < -0.3 is 14.8 Å². The summed E-state index contributed by atoms with van der Waals surface area (Å²) in [6.07, 6.45) is 0.924. The Morgan fingerprint density at radius 2 is 2.12 bits per heavy atom. The van der Waals surface area contributed by atoms with Gasteiger partial charge >= 0.3 is 5.97 Å². The third kappa shape index (κ3) is 3.78. The summed E-state index contributed by atoms with van der Waals surface area (Å²) in [7, 11) is 0. The Bertz CT molecular complexity index is 796. The topological polar surface area (TPSA) is 123 Å². The van der Waals surface area contributed by atoms with Gasteiger partial charge in [-0.3, -0.25) is 19.7 Å². The normalized spacial score (nSPS) is 11.8. The van der Waals surface area contributed by atoms with Gasteiger partial charge in [0.05, 0.1) is 22.8 Å². The van der Waals surface area contributed by atoms with E-state index in [9.17, 15) is 19.7 Å². The number of carbonyl (C=O) groups is 2. The summed E-state index contributed by atoms with van der Waals surface area (Å²) in [5.41, 5.74) is 1.20. The van der Waals surface area contributed by atoms with E-state index in [0.29, 0.717) is 11.1 Å². The maximum absolute atomic E-state index is 12.4. The third-order valence-corrected chi connectivity index (χ3v) is 3.52. The zero-order valence-electron chi connectivity index (χ0n) is 13.1. The standard InChI is InChI=1S/C16H16N2O6/c1-9-8-24-13(7-14(19)20)15(9)16(21)17-10(2)11-4-3-5-12(6-11)18(22)23/h3-6,8,10H,7H2,1-2H3,(H,17,21)(H,19,20). The summed E-state index contributed by atoms with van der Waals surface area (Å²) in [6, 6.07) is 5.45. The molecule has 0 saturated carbocycles. The molecule has 2 N–H and O–H groups in total. The first kappa shape index (κ1) is 17.2. The Morgan fingerprint density at radius 1 is 1.42 bits per heavy atom. The van der Waals surface area contributed by atoms with Crippen molar-refractivity contribution in [3.8, 4) is 0 Å². The van der Waals surface area contributed by atoms with Gasteiger partial charge in [0.15, 0.2) is 0 Å². The number of furan rings is 1. The smallest absolute Gasteiger partial charge is 0.311 e. The predicted octanol–water partition coefficient (Wildman–Crippen LogP) is 2.61. The molecule has 1 atom stereocenters. The number of carboxylic acids is 1. The molecule has 0 aliphatic carbocycles. The predicted molar refractivity (Wildman–Crippen MR) is 83.8 cm³/mol. The fourth-order valence-electron chi connectivity index (χ4n) is 2.33. The minimum absolute atomic E-state index is 0.0698. The minimum atomic E-state index is -1.11. The van der Waals surface area contributed by atoms with Crippen molar-refractivity contribution in [2.45, 2.75) is 26.3 Å². The van der Waals surface area contributed by atoms with Gasteiger partial charge in [-0.05, 0) is 19.4 Å². The van der Waals surface area contributed by atoms with E-state index in [2.05, 4.69) is 5.32 Å². The number of benzene rings is 1. The van der Waals surface area contributed by atoms with Crippen LogP contribution in [0.15, 0.2) is 34.9 Å². The summed E-state index contributed by atoms with van der Waals surface area (Å²) in [5.74, 6) is -1.52. The molecule has 0 aliphatic rings. The average Bonchev–Trinajstić information content (AvgIpc) is 2.87. The quantitative estimate of drug-likeness (QED) is 0.619. The number of carboxylic acid groups (broad SMARTS) is 1. The molecule has 8 nitrogen and oxygen atoms in total. The van der Waals surface area contributed by atoms with Crippen LogP contribution in [0, 0.1) is 17.0 Å². The number of non-ortho nitro benzene ring substituents is 1. The molecule has 0 fully saturated rings. The van der Waals surface area contributed by atoms with Crippen LogP contribution in [0.25, 0.3) is 0 Å². The maximum atomic E-state index is 12.4. The van der Waals surface area contributed by atoms with Crippen LogP contribution in [0.3, 0.4) is 0 Å². The highest BCUT2D eigenvalue weighted by molar-refractivity contribution is 5.97. The van der Waals surface area contributed by atoms with Crippen LogP contribution in [0.1, 0.15) is 40.2 Å². The monoisotopic (exact) mass is 332 g/mol. The number of rotatable bonds is 6. The number of hydrogen-bond acceptors (Lipinski definition) is 5. The highest BCUT2D eigenvalue weighted by Gasteiger charge is 2.22.